The first kappa shape index (κ1) is 14.4. The van der Waals surface area contributed by atoms with Gasteiger partial charge in [-0.1, -0.05) is 6.07 Å². The molecule has 1 atom stereocenters. The molecule has 1 aliphatic carbocycles. The van der Waals surface area contributed by atoms with Crippen LogP contribution in [0, 0.1) is 0 Å². The van der Waals surface area contributed by atoms with Crippen molar-refractivity contribution in [3.05, 3.63) is 29.8 Å². The van der Waals surface area contributed by atoms with E-state index in [0.29, 0.717) is 24.5 Å². The van der Waals surface area contributed by atoms with Crippen LogP contribution in [-0.2, 0) is 9.47 Å². The molecule has 0 unspecified atom stereocenters. The molecule has 21 heavy (non-hydrogen) atoms. The van der Waals surface area contributed by atoms with Crippen molar-refractivity contribution in [1.82, 2.24) is 5.32 Å². The quantitative estimate of drug-likeness (QED) is 0.926. The van der Waals surface area contributed by atoms with Crippen LogP contribution in [0.15, 0.2) is 24.3 Å². The summed E-state index contributed by atoms with van der Waals surface area (Å²) in [7, 11) is 1.59. The number of hydrogen-bond donors (Lipinski definition) is 1. The van der Waals surface area contributed by atoms with Crippen LogP contribution in [0.3, 0.4) is 0 Å². The second kappa shape index (κ2) is 6.03. The lowest BCUT2D eigenvalue weighted by molar-refractivity contribution is -0.181. The van der Waals surface area contributed by atoms with Gasteiger partial charge in [0, 0.05) is 24.4 Å². The molecule has 0 radical (unpaired) electrons. The van der Waals surface area contributed by atoms with Gasteiger partial charge in [-0.2, -0.15) is 0 Å². The van der Waals surface area contributed by atoms with Crippen LogP contribution < -0.4 is 10.1 Å². The van der Waals surface area contributed by atoms with Crippen molar-refractivity contribution in [3.8, 4) is 5.75 Å². The molecule has 0 bridgehead atoms. The van der Waals surface area contributed by atoms with E-state index in [1.54, 1.807) is 19.2 Å². The van der Waals surface area contributed by atoms with Crippen molar-refractivity contribution in [2.75, 3.05) is 20.3 Å². The number of ether oxygens (including phenoxy) is 3. The Morgan fingerprint density at radius 2 is 2.19 bits per heavy atom. The standard InChI is InChI=1S/C16H21NO4/c1-19-14-6-2-4-12(10-14)15(18)17-13-5-3-7-16(11-13)20-8-9-21-16/h2,4,6,10,13H,3,5,7-9,11H2,1H3,(H,17,18)/t13-/m0/s1. The highest BCUT2D eigenvalue weighted by molar-refractivity contribution is 5.94. The van der Waals surface area contributed by atoms with Gasteiger partial charge in [0.1, 0.15) is 5.75 Å². The molecule has 114 valence electrons. The van der Waals surface area contributed by atoms with Crippen LogP contribution in [0.25, 0.3) is 0 Å². The molecule has 2 fully saturated rings. The maximum absolute atomic E-state index is 12.3. The zero-order valence-electron chi connectivity index (χ0n) is 12.3. The Morgan fingerprint density at radius 1 is 1.38 bits per heavy atom. The van der Waals surface area contributed by atoms with E-state index in [-0.39, 0.29) is 11.9 Å². The van der Waals surface area contributed by atoms with Crippen molar-refractivity contribution in [3.63, 3.8) is 0 Å². The zero-order valence-corrected chi connectivity index (χ0v) is 12.3. The van der Waals surface area contributed by atoms with Crippen molar-refractivity contribution in [2.45, 2.75) is 37.5 Å². The normalized spacial score (nSPS) is 24.0. The first-order chi connectivity index (χ1) is 10.2. The van der Waals surface area contributed by atoms with Gasteiger partial charge in [0.2, 0.25) is 0 Å². The minimum atomic E-state index is -0.468. The van der Waals surface area contributed by atoms with Gasteiger partial charge >= 0.3 is 0 Å². The number of carbonyl (C=O) groups excluding carboxylic acids is 1. The largest absolute Gasteiger partial charge is 0.497 e. The van der Waals surface area contributed by atoms with E-state index in [2.05, 4.69) is 5.32 Å². The monoisotopic (exact) mass is 291 g/mol. The molecule has 1 saturated carbocycles. The molecule has 3 rings (SSSR count). The highest BCUT2D eigenvalue weighted by atomic mass is 16.7. The van der Waals surface area contributed by atoms with Crippen LogP contribution in [0.1, 0.15) is 36.0 Å². The second-order valence-electron chi connectivity index (χ2n) is 5.61. The van der Waals surface area contributed by atoms with Crippen LogP contribution in [0.5, 0.6) is 5.75 Å². The minimum absolute atomic E-state index is 0.0750. The molecular weight excluding hydrogens is 270 g/mol. The van der Waals surface area contributed by atoms with E-state index in [1.807, 2.05) is 12.1 Å². The fourth-order valence-corrected chi connectivity index (χ4v) is 3.11. The average Bonchev–Trinajstić information content (AvgIpc) is 2.95. The topological polar surface area (TPSA) is 56.8 Å². The summed E-state index contributed by atoms with van der Waals surface area (Å²) in [5, 5.41) is 3.08. The number of nitrogens with one attached hydrogen (secondary N) is 1. The lowest BCUT2D eigenvalue weighted by Gasteiger charge is -2.36. The lowest BCUT2D eigenvalue weighted by atomic mass is 9.89. The molecule has 1 saturated heterocycles. The Kier molecular flexibility index (Phi) is 4.12. The fourth-order valence-electron chi connectivity index (χ4n) is 3.11. The smallest absolute Gasteiger partial charge is 0.251 e. The molecular formula is C16H21NO4. The SMILES string of the molecule is COc1cccc(C(=O)N[C@H]2CCCC3(C2)OCCO3)c1. The Hall–Kier alpha value is -1.59. The first-order valence-electron chi connectivity index (χ1n) is 7.44. The van der Waals surface area contributed by atoms with Crippen molar-refractivity contribution in [1.29, 1.82) is 0 Å². The maximum atomic E-state index is 12.3. The van der Waals surface area contributed by atoms with Crippen LogP contribution in [0.2, 0.25) is 0 Å². The maximum Gasteiger partial charge on any atom is 0.251 e. The van der Waals surface area contributed by atoms with Crippen molar-refractivity contribution in [2.24, 2.45) is 0 Å². The molecule has 1 heterocycles. The number of hydrogen-bond acceptors (Lipinski definition) is 4. The van der Waals surface area contributed by atoms with E-state index in [9.17, 15) is 4.79 Å². The minimum Gasteiger partial charge on any atom is -0.497 e. The van der Waals surface area contributed by atoms with Gasteiger partial charge in [0.15, 0.2) is 5.79 Å². The molecule has 0 aromatic heterocycles. The van der Waals surface area contributed by atoms with Crippen LogP contribution >= 0.6 is 0 Å². The van der Waals surface area contributed by atoms with Gasteiger partial charge in [-0.05, 0) is 31.0 Å². The van der Waals surface area contributed by atoms with Crippen molar-refractivity contribution < 1.29 is 19.0 Å². The zero-order chi connectivity index (χ0) is 14.7. The van der Waals surface area contributed by atoms with E-state index < -0.39 is 5.79 Å². The van der Waals surface area contributed by atoms with E-state index in [1.165, 1.54) is 0 Å². The summed E-state index contributed by atoms with van der Waals surface area (Å²) in [5.74, 6) is 0.143. The molecule has 1 aromatic carbocycles. The molecule has 1 amide bonds. The predicted octanol–water partition coefficient (Wildman–Crippen LogP) is 2.11. The summed E-state index contributed by atoms with van der Waals surface area (Å²) < 4.78 is 16.6. The van der Waals surface area contributed by atoms with Gasteiger partial charge in [-0.15, -0.1) is 0 Å². The second-order valence-corrected chi connectivity index (χ2v) is 5.61. The Balaban J connectivity index is 1.64. The molecule has 1 aromatic rings. The molecule has 2 aliphatic rings. The molecule has 1 spiro atoms. The van der Waals surface area contributed by atoms with Crippen molar-refractivity contribution >= 4 is 5.91 Å². The Labute approximate surface area is 124 Å². The van der Waals surface area contributed by atoms with E-state index >= 15 is 0 Å². The summed E-state index contributed by atoms with van der Waals surface area (Å²) in [6.07, 6.45) is 3.61. The highest BCUT2D eigenvalue weighted by Gasteiger charge is 2.41. The summed E-state index contributed by atoms with van der Waals surface area (Å²) in [6, 6.07) is 7.28. The fraction of sp³-hybridized carbons (Fsp3) is 0.562. The van der Waals surface area contributed by atoms with Crippen LogP contribution in [-0.4, -0.2) is 38.1 Å². The lowest BCUT2D eigenvalue weighted by Crippen LogP contribution is -2.46. The number of amides is 1. The summed E-state index contributed by atoms with van der Waals surface area (Å²) in [6.45, 7) is 1.30. The number of rotatable bonds is 3. The third-order valence-electron chi connectivity index (χ3n) is 4.15. The highest BCUT2D eigenvalue weighted by Crippen LogP contribution is 2.35. The average molecular weight is 291 g/mol. The molecule has 1 N–H and O–H groups in total. The Morgan fingerprint density at radius 3 is 2.95 bits per heavy atom. The number of carbonyl (C=O) groups is 1. The van der Waals surface area contributed by atoms with Gasteiger partial charge in [-0.3, -0.25) is 4.79 Å². The molecule has 5 nitrogen and oxygen atoms in total. The van der Waals surface area contributed by atoms with Gasteiger partial charge < -0.3 is 19.5 Å². The number of benzene rings is 1. The number of methoxy groups -OCH3 is 1. The predicted molar refractivity (Wildman–Crippen MR) is 77.4 cm³/mol. The summed E-state index contributed by atoms with van der Waals surface area (Å²) in [4.78, 5) is 12.3. The molecule has 1 aliphatic heterocycles. The summed E-state index contributed by atoms with van der Waals surface area (Å²) in [5.41, 5.74) is 0.613. The third-order valence-corrected chi connectivity index (χ3v) is 4.15. The van der Waals surface area contributed by atoms with E-state index in [0.717, 1.165) is 25.7 Å². The van der Waals surface area contributed by atoms with E-state index in [4.69, 9.17) is 14.2 Å². The van der Waals surface area contributed by atoms with Crippen LogP contribution in [0.4, 0.5) is 0 Å². The third kappa shape index (κ3) is 3.19. The molecule has 5 heteroatoms. The first-order valence-corrected chi connectivity index (χ1v) is 7.44. The van der Waals surface area contributed by atoms with Gasteiger partial charge in [0.25, 0.3) is 5.91 Å². The summed E-state index contributed by atoms with van der Waals surface area (Å²) >= 11 is 0. The van der Waals surface area contributed by atoms with Gasteiger partial charge in [0.05, 0.1) is 20.3 Å². The Bertz CT molecular complexity index is 511. The van der Waals surface area contributed by atoms with Gasteiger partial charge in [-0.25, -0.2) is 0 Å².